The quantitative estimate of drug-likeness (QED) is 0.334. The van der Waals surface area contributed by atoms with Crippen molar-refractivity contribution in [3.05, 3.63) is 53.5 Å². The SMILES string of the molecule is COc1cc2c(cc1C(=O)NC1CCN(C)CC1)sc1nc(-c3ccc([C@H]4C[C@@H](O)CN4C(=O)O)cc3F)cn12. The highest BCUT2D eigenvalue weighted by atomic mass is 32.1. The fraction of sp³-hybridized carbons (Fsp3) is 0.393. The molecule has 2 aliphatic heterocycles. The zero-order valence-corrected chi connectivity index (χ0v) is 22.9. The van der Waals surface area contributed by atoms with E-state index in [0.717, 1.165) is 41.0 Å². The van der Waals surface area contributed by atoms with E-state index in [2.05, 4.69) is 22.2 Å². The van der Waals surface area contributed by atoms with Crippen molar-refractivity contribution in [2.75, 3.05) is 33.8 Å². The van der Waals surface area contributed by atoms with Crippen molar-refractivity contribution < 1.29 is 28.9 Å². The number of piperidine rings is 1. The summed E-state index contributed by atoms with van der Waals surface area (Å²) in [5.74, 6) is -0.242. The molecule has 0 bridgehead atoms. The van der Waals surface area contributed by atoms with Crippen LogP contribution in [-0.2, 0) is 0 Å². The lowest BCUT2D eigenvalue weighted by molar-refractivity contribution is 0.0914. The van der Waals surface area contributed by atoms with Crippen LogP contribution in [0.4, 0.5) is 9.18 Å². The number of hydrogen-bond donors (Lipinski definition) is 3. The zero-order chi connectivity index (χ0) is 28.1. The van der Waals surface area contributed by atoms with Crippen LogP contribution in [0.1, 0.15) is 41.2 Å². The fourth-order valence-corrected chi connectivity index (χ4v) is 6.73. The van der Waals surface area contributed by atoms with Gasteiger partial charge in [0, 0.05) is 23.9 Å². The lowest BCUT2D eigenvalue weighted by atomic mass is 10.0. The van der Waals surface area contributed by atoms with Crippen LogP contribution in [0.15, 0.2) is 36.5 Å². The smallest absolute Gasteiger partial charge is 0.407 e. The van der Waals surface area contributed by atoms with Crippen LogP contribution in [0.25, 0.3) is 26.4 Å². The molecule has 2 aromatic carbocycles. The topological polar surface area (TPSA) is 120 Å². The molecule has 2 saturated heterocycles. The van der Waals surface area contributed by atoms with Gasteiger partial charge >= 0.3 is 6.09 Å². The predicted octanol–water partition coefficient (Wildman–Crippen LogP) is 3.97. The Kier molecular flexibility index (Phi) is 6.85. The zero-order valence-electron chi connectivity index (χ0n) is 22.1. The fourth-order valence-electron chi connectivity index (χ4n) is 5.71. The maximum atomic E-state index is 15.3. The van der Waals surface area contributed by atoms with Gasteiger partial charge in [0.15, 0.2) is 4.96 Å². The standard InChI is InChI=1S/C28H30FN5O5S/c1-32-7-5-16(6-8-32)30-26(36)19-11-25-23(12-24(19)39-2)33-14-21(31-27(33)40-25)18-4-3-15(9-20(18)29)22-10-17(35)13-34(22)28(37)38/h3-4,9,11-12,14,16-17,22,35H,5-8,10,13H2,1-2H3,(H,30,36)(H,37,38)/t17-,22-/m1/s1. The first-order valence-corrected chi connectivity index (χ1v) is 14.0. The number of fused-ring (bicyclic) bond motifs is 3. The maximum Gasteiger partial charge on any atom is 0.407 e. The largest absolute Gasteiger partial charge is 0.496 e. The summed E-state index contributed by atoms with van der Waals surface area (Å²) in [6.07, 6.45) is 1.84. The number of nitrogens with one attached hydrogen (secondary N) is 1. The lowest BCUT2D eigenvalue weighted by Gasteiger charge is -2.29. The molecule has 10 nitrogen and oxygen atoms in total. The molecule has 0 unspecified atom stereocenters. The van der Waals surface area contributed by atoms with Crippen molar-refractivity contribution >= 4 is 38.5 Å². The Hall–Kier alpha value is -3.74. The van der Waals surface area contributed by atoms with E-state index in [-0.39, 0.29) is 30.5 Å². The molecule has 2 fully saturated rings. The van der Waals surface area contributed by atoms with Crippen molar-refractivity contribution in [3.63, 3.8) is 0 Å². The van der Waals surface area contributed by atoms with Gasteiger partial charge in [-0.15, -0.1) is 0 Å². The average molecular weight is 568 g/mol. The van der Waals surface area contributed by atoms with Crippen molar-refractivity contribution in [1.29, 1.82) is 0 Å². The molecule has 12 heteroatoms. The summed E-state index contributed by atoms with van der Waals surface area (Å²) in [6, 6.07) is 7.73. The van der Waals surface area contributed by atoms with Crippen LogP contribution in [0.5, 0.6) is 5.75 Å². The number of likely N-dealkylation sites (tertiary alicyclic amines) is 2. The van der Waals surface area contributed by atoms with Gasteiger partial charge in [0.25, 0.3) is 5.91 Å². The molecule has 210 valence electrons. The number of benzene rings is 2. The minimum absolute atomic E-state index is 0.00121. The minimum atomic E-state index is -1.15. The van der Waals surface area contributed by atoms with Crippen molar-refractivity contribution in [2.24, 2.45) is 0 Å². The number of carboxylic acid groups (broad SMARTS) is 1. The number of carbonyl (C=O) groups excluding carboxylic acids is 1. The molecule has 0 saturated carbocycles. The molecule has 2 atom stereocenters. The Balaban J connectivity index is 1.29. The van der Waals surface area contributed by atoms with E-state index in [4.69, 9.17) is 4.74 Å². The van der Waals surface area contributed by atoms with Gasteiger partial charge in [-0.3, -0.25) is 14.1 Å². The average Bonchev–Trinajstić information content (AvgIpc) is 3.61. The second-order valence-corrected chi connectivity index (χ2v) is 11.5. The number of rotatable bonds is 5. The molecule has 4 aromatic rings. The molecule has 2 aliphatic rings. The van der Waals surface area contributed by atoms with Gasteiger partial charge in [0.05, 0.1) is 47.3 Å². The summed E-state index contributed by atoms with van der Waals surface area (Å²) in [5.41, 5.74) is 2.46. The Labute approximate surface area is 233 Å². The summed E-state index contributed by atoms with van der Waals surface area (Å²) in [7, 11) is 3.61. The molecule has 6 rings (SSSR count). The van der Waals surface area contributed by atoms with E-state index in [1.54, 1.807) is 24.4 Å². The molecule has 40 heavy (non-hydrogen) atoms. The first kappa shape index (κ1) is 26.5. The Morgan fingerprint density at radius 1 is 1.20 bits per heavy atom. The number of nitrogens with zero attached hydrogens (tertiary/aromatic N) is 4. The predicted molar refractivity (Wildman–Crippen MR) is 149 cm³/mol. The number of aromatic nitrogens is 2. The molecule has 3 N–H and O–H groups in total. The maximum absolute atomic E-state index is 15.3. The van der Waals surface area contributed by atoms with E-state index in [0.29, 0.717) is 27.5 Å². The van der Waals surface area contributed by atoms with Crippen LogP contribution in [0, 0.1) is 5.82 Å². The van der Waals surface area contributed by atoms with Gasteiger partial charge in [0.1, 0.15) is 11.6 Å². The number of thiazole rings is 1. The number of amides is 2. The van der Waals surface area contributed by atoms with E-state index in [9.17, 15) is 19.8 Å². The van der Waals surface area contributed by atoms with Gasteiger partial charge < -0.3 is 25.2 Å². The molecule has 2 amide bonds. The third-order valence-electron chi connectivity index (χ3n) is 7.89. The molecule has 0 spiro atoms. The monoisotopic (exact) mass is 567 g/mol. The van der Waals surface area contributed by atoms with E-state index in [1.807, 2.05) is 10.5 Å². The highest BCUT2D eigenvalue weighted by Gasteiger charge is 2.35. The Morgan fingerprint density at radius 3 is 2.67 bits per heavy atom. The van der Waals surface area contributed by atoms with Crippen LogP contribution in [0.2, 0.25) is 0 Å². The number of methoxy groups -OCH3 is 1. The Bertz CT molecular complexity index is 1610. The number of aliphatic hydroxyl groups excluding tert-OH is 1. The number of halogens is 1. The summed E-state index contributed by atoms with van der Waals surface area (Å²) in [4.78, 5) is 33.4. The third kappa shape index (κ3) is 4.76. The third-order valence-corrected chi connectivity index (χ3v) is 8.91. The van der Waals surface area contributed by atoms with Gasteiger partial charge in [-0.2, -0.15) is 0 Å². The van der Waals surface area contributed by atoms with Crippen LogP contribution in [0.3, 0.4) is 0 Å². The Morgan fingerprint density at radius 2 is 1.98 bits per heavy atom. The second kappa shape index (κ2) is 10.3. The lowest BCUT2D eigenvalue weighted by Crippen LogP contribution is -2.43. The number of ether oxygens (including phenoxy) is 1. The van der Waals surface area contributed by atoms with Crippen molar-refractivity contribution in [1.82, 2.24) is 24.5 Å². The molecular formula is C28H30FN5O5S. The molecule has 0 radical (unpaired) electrons. The molecular weight excluding hydrogens is 537 g/mol. The van der Waals surface area contributed by atoms with E-state index in [1.165, 1.54) is 24.5 Å². The van der Waals surface area contributed by atoms with Gasteiger partial charge in [-0.25, -0.2) is 14.2 Å². The van der Waals surface area contributed by atoms with Crippen LogP contribution >= 0.6 is 11.3 Å². The second-order valence-electron chi connectivity index (χ2n) is 10.5. The summed E-state index contributed by atoms with van der Waals surface area (Å²) >= 11 is 1.39. The normalized spacial score (nSPS) is 20.4. The van der Waals surface area contributed by atoms with Gasteiger partial charge in [-0.05, 0) is 63.2 Å². The number of hydrogen-bond acceptors (Lipinski definition) is 7. The first-order valence-electron chi connectivity index (χ1n) is 13.2. The van der Waals surface area contributed by atoms with Gasteiger partial charge in [-0.1, -0.05) is 17.4 Å². The number of imidazole rings is 1. The summed E-state index contributed by atoms with van der Waals surface area (Å²) in [6.45, 7) is 1.89. The number of carbonyl (C=O) groups is 2. The van der Waals surface area contributed by atoms with Crippen LogP contribution in [-0.4, -0.2) is 87.3 Å². The number of aliphatic hydroxyl groups is 1. The summed E-state index contributed by atoms with van der Waals surface area (Å²) in [5, 5.41) is 22.5. The van der Waals surface area contributed by atoms with Gasteiger partial charge in [0.2, 0.25) is 0 Å². The molecule has 0 aliphatic carbocycles. The molecule has 4 heterocycles. The molecule has 2 aromatic heterocycles. The minimum Gasteiger partial charge on any atom is -0.496 e. The van der Waals surface area contributed by atoms with Crippen molar-refractivity contribution in [3.8, 4) is 17.0 Å². The number of β-amino-alcohol motifs (C(OH)–C–C–N with tert-alkyl or cyclic N) is 1. The van der Waals surface area contributed by atoms with E-state index < -0.39 is 24.1 Å². The van der Waals surface area contributed by atoms with Crippen LogP contribution < -0.4 is 10.1 Å². The first-order chi connectivity index (χ1) is 19.2. The van der Waals surface area contributed by atoms with E-state index >= 15 is 4.39 Å². The highest BCUT2D eigenvalue weighted by molar-refractivity contribution is 7.23. The van der Waals surface area contributed by atoms with Crippen molar-refractivity contribution in [2.45, 2.75) is 37.5 Å². The highest BCUT2D eigenvalue weighted by Crippen LogP contribution is 2.37. The summed E-state index contributed by atoms with van der Waals surface area (Å²) < 4.78 is 23.6.